The highest BCUT2D eigenvalue weighted by molar-refractivity contribution is 5.77. The molecule has 1 aromatic carbocycles. The predicted molar refractivity (Wildman–Crippen MR) is 62.8 cm³/mol. The fourth-order valence-corrected chi connectivity index (χ4v) is 1.67. The monoisotopic (exact) mass is 218 g/mol. The third-order valence-corrected chi connectivity index (χ3v) is 2.54. The summed E-state index contributed by atoms with van der Waals surface area (Å²) >= 11 is 0. The largest absolute Gasteiger partial charge is 0.508 e. The molecular weight excluding hydrogens is 204 g/mol. The number of rotatable bonds is 3. The van der Waals surface area contributed by atoms with Crippen molar-refractivity contribution in [2.45, 2.75) is 26.2 Å². The molecule has 16 heavy (non-hydrogen) atoms. The van der Waals surface area contributed by atoms with Gasteiger partial charge in [-0.25, -0.2) is 0 Å². The summed E-state index contributed by atoms with van der Waals surface area (Å²) in [6, 6.07) is 6.09. The minimum absolute atomic E-state index is 0.0487. The second-order valence-corrected chi connectivity index (χ2v) is 3.86. The maximum Gasteiger partial charge on any atom is 0.192 e. The van der Waals surface area contributed by atoms with Crippen LogP contribution >= 0.6 is 0 Å². The lowest BCUT2D eigenvalue weighted by Crippen LogP contribution is -2.01. The van der Waals surface area contributed by atoms with E-state index in [0.29, 0.717) is 16.7 Å². The molecule has 3 heteroatoms. The number of hydrogen-bond donors (Lipinski definition) is 1. The van der Waals surface area contributed by atoms with Crippen molar-refractivity contribution < 1.29 is 9.52 Å². The molecule has 0 fully saturated rings. The molecule has 0 atom stereocenters. The lowest BCUT2D eigenvalue weighted by atomic mass is 10.1. The zero-order valence-electron chi connectivity index (χ0n) is 9.19. The summed E-state index contributed by atoms with van der Waals surface area (Å²) in [7, 11) is 0. The van der Waals surface area contributed by atoms with Crippen LogP contribution in [-0.4, -0.2) is 5.11 Å². The molecule has 0 bridgehead atoms. The van der Waals surface area contributed by atoms with Gasteiger partial charge in [-0.05, 0) is 18.6 Å². The Kier molecular flexibility index (Phi) is 2.95. The van der Waals surface area contributed by atoms with Crippen LogP contribution in [0.2, 0.25) is 0 Å². The van der Waals surface area contributed by atoms with E-state index in [1.165, 1.54) is 18.2 Å². The van der Waals surface area contributed by atoms with Gasteiger partial charge >= 0.3 is 0 Å². The van der Waals surface area contributed by atoms with E-state index in [9.17, 15) is 9.90 Å². The first-order chi connectivity index (χ1) is 7.70. The number of aryl methyl sites for hydroxylation is 1. The van der Waals surface area contributed by atoms with Crippen LogP contribution in [0.3, 0.4) is 0 Å². The molecule has 3 nitrogen and oxygen atoms in total. The molecule has 2 rings (SSSR count). The molecule has 0 saturated heterocycles. The van der Waals surface area contributed by atoms with Crippen molar-refractivity contribution in [3.05, 3.63) is 40.2 Å². The first-order valence-corrected chi connectivity index (χ1v) is 5.46. The third-order valence-electron chi connectivity index (χ3n) is 2.54. The summed E-state index contributed by atoms with van der Waals surface area (Å²) in [5, 5.41) is 9.84. The van der Waals surface area contributed by atoms with E-state index in [0.717, 1.165) is 19.3 Å². The van der Waals surface area contributed by atoms with Crippen LogP contribution in [-0.2, 0) is 6.42 Å². The molecule has 0 unspecified atom stereocenters. The van der Waals surface area contributed by atoms with E-state index in [1.807, 2.05) is 0 Å². The van der Waals surface area contributed by atoms with Crippen LogP contribution in [0.25, 0.3) is 11.0 Å². The summed E-state index contributed by atoms with van der Waals surface area (Å²) in [6.07, 6.45) is 2.81. The van der Waals surface area contributed by atoms with Gasteiger partial charge < -0.3 is 9.52 Å². The van der Waals surface area contributed by atoms with Crippen LogP contribution in [0, 0.1) is 0 Å². The number of hydrogen-bond acceptors (Lipinski definition) is 3. The smallest absolute Gasteiger partial charge is 0.192 e. The van der Waals surface area contributed by atoms with E-state index in [-0.39, 0.29) is 11.2 Å². The van der Waals surface area contributed by atoms with Gasteiger partial charge in [0, 0.05) is 18.6 Å². The van der Waals surface area contributed by atoms with Crippen LogP contribution < -0.4 is 5.43 Å². The number of unbranched alkanes of at least 4 members (excludes halogenated alkanes) is 1. The lowest BCUT2D eigenvalue weighted by molar-refractivity contribution is 0.471. The molecule has 1 aromatic heterocycles. The Labute approximate surface area is 93.3 Å². The highest BCUT2D eigenvalue weighted by Crippen LogP contribution is 2.18. The highest BCUT2D eigenvalue weighted by Gasteiger charge is 2.05. The molecule has 84 valence electrons. The van der Waals surface area contributed by atoms with Crippen LogP contribution in [0.4, 0.5) is 0 Å². The molecule has 2 aromatic rings. The maximum absolute atomic E-state index is 11.7. The average molecular weight is 218 g/mol. The lowest BCUT2D eigenvalue weighted by Gasteiger charge is -2.02. The summed E-state index contributed by atoms with van der Waals surface area (Å²) in [5.41, 5.74) is 0.408. The zero-order valence-corrected chi connectivity index (χ0v) is 9.19. The second-order valence-electron chi connectivity index (χ2n) is 3.86. The van der Waals surface area contributed by atoms with Crippen LogP contribution in [0.15, 0.2) is 33.5 Å². The quantitative estimate of drug-likeness (QED) is 0.861. The minimum Gasteiger partial charge on any atom is -0.508 e. The Morgan fingerprint density at radius 1 is 1.31 bits per heavy atom. The Bertz CT molecular complexity index is 555. The van der Waals surface area contributed by atoms with Crippen molar-refractivity contribution in [2.24, 2.45) is 0 Å². The first-order valence-electron chi connectivity index (χ1n) is 5.46. The van der Waals surface area contributed by atoms with E-state index in [4.69, 9.17) is 4.42 Å². The molecule has 0 aliphatic heterocycles. The van der Waals surface area contributed by atoms with E-state index < -0.39 is 0 Å². The maximum atomic E-state index is 11.7. The van der Waals surface area contributed by atoms with Gasteiger partial charge in [-0.2, -0.15) is 0 Å². The summed E-state index contributed by atoms with van der Waals surface area (Å²) < 4.78 is 5.57. The summed E-state index contributed by atoms with van der Waals surface area (Å²) in [4.78, 5) is 11.7. The van der Waals surface area contributed by atoms with Gasteiger partial charge in [-0.3, -0.25) is 4.79 Å². The van der Waals surface area contributed by atoms with Crippen molar-refractivity contribution >= 4 is 11.0 Å². The fraction of sp³-hybridized carbons (Fsp3) is 0.308. The molecule has 0 amide bonds. The molecule has 1 heterocycles. The molecule has 0 aliphatic carbocycles. The average Bonchev–Trinajstić information content (AvgIpc) is 2.25. The normalized spacial score (nSPS) is 10.8. The SMILES string of the molecule is CCCCc1cc(=O)c2ccc(O)cc2o1. The van der Waals surface area contributed by atoms with E-state index in [2.05, 4.69) is 6.92 Å². The Morgan fingerprint density at radius 3 is 2.88 bits per heavy atom. The molecule has 0 saturated carbocycles. The number of benzene rings is 1. The first kappa shape index (κ1) is 10.7. The number of aromatic hydroxyl groups is 1. The fourth-order valence-electron chi connectivity index (χ4n) is 1.67. The highest BCUT2D eigenvalue weighted by atomic mass is 16.3. The molecule has 0 aliphatic rings. The number of phenolic OH excluding ortho intramolecular Hbond substituents is 1. The van der Waals surface area contributed by atoms with Gasteiger partial charge in [0.1, 0.15) is 17.1 Å². The predicted octanol–water partition coefficient (Wildman–Crippen LogP) is 2.84. The van der Waals surface area contributed by atoms with Crippen molar-refractivity contribution in [2.75, 3.05) is 0 Å². The number of fused-ring (bicyclic) bond motifs is 1. The summed E-state index contributed by atoms with van der Waals surface area (Å²) in [5.74, 6) is 0.799. The van der Waals surface area contributed by atoms with Crippen molar-refractivity contribution in [1.29, 1.82) is 0 Å². The van der Waals surface area contributed by atoms with Crippen molar-refractivity contribution in [3.63, 3.8) is 0 Å². The standard InChI is InChI=1S/C13H14O3/c1-2-3-4-10-8-12(15)11-6-5-9(14)7-13(11)16-10/h5-8,14H,2-4H2,1H3. The number of phenols is 1. The van der Waals surface area contributed by atoms with Crippen LogP contribution in [0.1, 0.15) is 25.5 Å². The van der Waals surface area contributed by atoms with Gasteiger partial charge in [0.05, 0.1) is 5.39 Å². The van der Waals surface area contributed by atoms with Crippen molar-refractivity contribution in [3.8, 4) is 5.75 Å². The van der Waals surface area contributed by atoms with E-state index in [1.54, 1.807) is 6.07 Å². The van der Waals surface area contributed by atoms with Gasteiger partial charge in [0.15, 0.2) is 5.43 Å². The van der Waals surface area contributed by atoms with Gasteiger partial charge in [0.25, 0.3) is 0 Å². The van der Waals surface area contributed by atoms with Gasteiger partial charge in [-0.1, -0.05) is 13.3 Å². The Balaban J connectivity index is 2.52. The molecule has 1 N–H and O–H groups in total. The van der Waals surface area contributed by atoms with Gasteiger partial charge in [-0.15, -0.1) is 0 Å². The Hall–Kier alpha value is -1.77. The van der Waals surface area contributed by atoms with Crippen LogP contribution in [0.5, 0.6) is 5.75 Å². The third kappa shape index (κ3) is 2.08. The zero-order chi connectivity index (χ0) is 11.5. The second kappa shape index (κ2) is 4.39. The van der Waals surface area contributed by atoms with Gasteiger partial charge in [0.2, 0.25) is 0 Å². The molecule has 0 radical (unpaired) electrons. The summed E-state index contributed by atoms with van der Waals surface area (Å²) in [6.45, 7) is 2.09. The Morgan fingerprint density at radius 2 is 2.12 bits per heavy atom. The minimum atomic E-state index is -0.0487. The molecular formula is C13H14O3. The molecule has 0 spiro atoms. The van der Waals surface area contributed by atoms with Crippen molar-refractivity contribution in [1.82, 2.24) is 0 Å². The van der Waals surface area contributed by atoms with E-state index >= 15 is 0 Å². The topological polar surface area (TPSA) is 50.4 Å².